The van der Waals surface area contributed by atoms with Crippen molar-refractivity contribution in [1.82, 2.24) is 9.99 Å². The number of carbonyl (C=O) groups is 1. The van der Waals surface area contributed by atoms with Gasteiger partial charge in [0.25, 0.3) is 5.91 Å². The summed E-state index contributed by atoms with van der Waals surface area (Å²) in [4.78, 5) is 24.5. The van der Waals surface area contributed by atoms with Gasteiger partial charge in [-0.25, -0.2) is 5.84 Å². The number of nitrogens with zero attached hydrogens (tertiary/aromatic N) is 1. The van der Waals surface area contributed by atoms with Crippen molar-refractivity contribution in [1.29, 1.82) is 0 Å². The summed E-state index contributed by atoms with van der Waals surface area (Å²) in [5, 5.41) is 0.555. The Hall–Kier alpha value is -2.44. The van der Waals surface area contributed by atoms with E-state index in [1.54, 1.807) is 16.8 Å². The molecule has 0 aliphatic heterocycles. The molecule has 0 radical (unpaired) electrons. The van der Waals surface area contributed by atoms with Crippen LogP contribution in [0.4, 0.5) is 0 Å². The number of nitrogens with two attached hydrogens (primary N) is 1. The van der Waals surface area contributed by atoms with Crippen LogP contribution in [0.1, 0.15) is 0 Å². The quantitative estimate of drug-likeness (QED) is 0.421. The first-order chi connectivity index (χ1) is 11.1. The second-order valence-corrected chi connectivity index (χ2v) is 6.01. The number of amides is 1. The minimum Gasteiger partial charge on any atom is -0.337 e. The van der Waals surface area contributed by atoms with Crippen LogP contribution < -0.4 is 16.7 Å². The molecule has 0 saturated heterocycles. The van der Waals surface area contributed by atoms with E-state index < -0.39 is 0 Å². The predicted molar refractivity (Wildman–Crippen MR) is 93.7 cm³/mol. The molecule has 0 atom stereocenters. The Kier molecular flexibility index (Phi) is 4.27. The zero-order chi connectivity index (χ0) is 16.4. The standard InChI is InChI=1S/C17H14BrN3O2/c18-12-6-7-13-15(8-12)21(10-16(22)20-19)9-14(17(13)23)11-4-2-1-3-5-11/h1-9H,10,19H2,(H,20,22). The van der Waals surface area contributed by atoms with Crippen LogP contribution in [-0.4, -0.2) is 10.5 Å². The van der Waals surface area contributed by atoms with Crippen LogP contribution in [0.25, 0.3) is 22.0 Å². The van der Waals surface area contributed by atoms with Crippen molar-refractivity contribution < 1.29 is 4.79 Å². The van der Waals surface area contributed by atoms with Crippen LogP contribution in [0.15, 0.2) is 64.0 Å². The smallest absolute Gasteiger partial charge is 0.253 e. The van der Waals surface area contributed by atoms with Crippen LogP contribution in [0.5, 0.6) is 0 Å². The highest BCUT2D eigenvalue weighted by atomic mass is 79.9. The SMILES string of the molecule is NNC(=O)Cn1cc(-c2ccccc2)c(=O)c2ccc(Br)cc21. The molecule has 0 spiro atoms. The molecule has 0 unspecified atom stereocenters. The third-order valence-corrected chi connectivity index (χ3v) is 4.10. The summed E-state index contributed by atoms with van der Waals surface area (Å²) in [5.41, 5.74) is 4.08. The van der Waals surface area contributed by atoms with E-state index >= 15 is 0 Å². The van der Waals surface area contributed by atoms with E-state index in [9.17, 15) is 9.59 Å². The van der Waals surface area contributed by atoms with Gasteiger partial charge in [0.1, 0.15) is 6.54 Å². The maximum Gasteiger partial charge on any atom is 0.253 e. The second kappa shape index (κ2) is 6.36. The van der Waals surface area contributed by atoms with E-state index in [2.05, 4.69) is 21.4 Å². The first-order valence-corrected chi connectivity index (χ1v) is 7.77. The molecular weight excluding hydrogens is 358 g/mol. The van der Waals surface area contributed by atoms with Crippen LogP contribution in [-0.2, 0) is 11.3 Å². The molecule has 3 rings (SSSR count). The van der Waals surface area contributed by atoms with Crippen molar-refractivity contribution >= 4 is 32.7 Å². The number of hydrazine groups is 1. The summed E-state index contributed by atoms with van der Waals surface area (Å²) in [6, 6.07) is 14.8. The lowest BCUT2D eigenvalue weighted by Gasteiger charge is -2.13. The van der Waals surface area contributed by atoms with E-state index in [1.807, 2.05) is 42.5 Å². The normalized spacial score (nSPS) is 10.7. The summed E-state index contributed by atoms with van der Waals surface area (Å²) < 4.78 is 2.56. The van der Waals surface area contributed by atoms with Crippen molar-refractivity contribution in [2.45, 2.75) is 6.54 Å². The van der Waals surface area contributed by atoms with Gasteiger partial charge in [-0.2, -0.15) is 0 Å². The predicted octanol–water partition coefficient (Wildman–Crippen LogP) is 2.42. The molecule has 1 amide bonds. The Bertz CT molecular complexity index is 936. The van der Waals surface area contributed by atoms with Crippen LogP contribution in [0.2, 0.25) is 0 Å². The Morgan fingerprint density at radius 1 is 1.17 bits per heavy atom. The van der Waals surface area contributed by atoms with E-state index in [0.29, 0.717) is 16.5 Å². The molecule has 6 heteroatoms. The number of rotatable bonds is 3. The van der Waals surface area contributed by atoms with Crippen molar-refractivity contribution in [2.75, 3.05) is 0 Å². The first kappa shape index (κ1) is 15.5. The molecule has 0 saturated carbocycles. The number of carbonyl (C=O) groups excluding carboxylic acids is 1. The van der Waals surface area contributed by atoms with Gasteiger partial charge in [0.05, 0.1) is 5.52 Å². The maximum absolute atomic E-state index is 12.8. The number of halogens is 1. The first-order valence-electron chi connectivity index (χ1n) is 6.97. The summed E-state index contributed by atoms with van der Waals surface area (Å²) in [7, 11) is 0. The molecule has 23 heavy (non-hydrogen) atoms. The van der Waals surface area contributed by atoms with Gasteiger partial charge in [0, 0.05) is 21.6 Å². The summed E-state index contributed by atoms with van der Waals surface area (Å²) in [6.45, 7) is 0.0313. The summed E-state index contributed by atoms with van der Waals surface area (Å²) >= 11 is 3.40. The highest BCUT2D eigenvalue weighted by Crippen LogP contribution is 2.22. The minimum absolute atomic E-state index is 0.0313. The number of pyridine rings is 1. The molecule has 1 aromatic heterocycles. The van der Waals surface area contributed by atoms with Crippen molar-refractivity contribution in [3.05, 3.63) is 69.4 Å². The monoisotopic (exact) mass is 371 g/mol. The fourth-order valence-electron chi connectivity index (χ4n) is 2.52. The third-order valence-electron chi connectivity index (χ3n) is 3.60. The topological polar surface area (TPSA) is 77.1 Å². The number of benzene rings is 2. The molecule has 116 valence electrons. The van der Waals surface area contributed by atoms with Gasteiger partial charge in [0.2, 0.25) is 0 Å². The Morgan fingerprint density at radius 2 is 1.91 bits per heavy atom. The van der Waals surface area contributed by atoms with Gasteiger partial charge in [-0.15, -0.1) is 0 Å². The molecule has 0 aliphatic carbocycles. The average molecular weight is 372 g/mol. The molecule has 0 fully saturated rings. The Balaban J connectivity index is 2.31. The molecule has 5 nitrogen and oxygen atoms in total. The van der Waals surface area contributed by atoms with Crippen LogP contribution in [0.3, 0.4) is 0 Å². The summed E-state index contributed by atoms with van der Waals surface area (Å²) in [5.74, 6) is 4.85. The Labute approximate surface area is 140 Å². The van der Waals surface area contributed by atoms with E-state index in [-0.39, 0.29) is 17.9 Å². The fraction of sp³-hybridized carbons (Fsp3) is 0.0588. The molecule has 3 aromatic rings. The lowest BCUT2D eigenvalue weighted by atomic mass is 10.0. The molecule has 1 heterocycles. The largest absolute Gasteiger partial charge is 0.337 e. The Morgan fingerprint density at radius 3 is 2.61 bits per heavy atom. The number of hydrogen-bond acceptors (Lipinski definition) is 3. The number of aromatic nitrogens is 1. The van der Waals surface area contributed by atoms with Gasteiger partial charge in [-0.05, 0) is 23.8 Å². The van der Waals surface area contributed by atoms with E-state index in [1.165, 1.54) is 0 Å². The molecule has 2 aromatic carbocycles. The average Bonchev–Trinajstić information content (AvgIpc) is 2.57. The fourth-order valence-corrected chi connectivity index (χ4v) is 2.87. The van der Waals surface area contributed by atoms with Gasteiger partial charge in [0.15, 0.2) is 5.43 Å². The zero-order valence-corrected chi connectivity index (χ0v) is 13.7. The maximum atomic E-state index is 12.8. The van der Waals surface area contributed by atoms with Crippen molar-refractivity contribution in [2.24, 2.45) is 5.84 Å². The van der Waals surface area contributed by atoms with E-state index in [0.717, 1.165) is 10.0 Å². The van der Waals surface area contributed by atoms with Gasteiger partial charge < -0.3 is 4.57 Å². The van der Waals surface area contributed by atoms with Crippen molar-refractivity contribution in [3.8, 4) is 11.1 Å². The third kappa shape index (κ3) is 3.04. The molecule has 0 bridgehead atoms. The minimum atomic E-state index is -0.339. The number of fused-ring (bicyclic) bond motifs is 1. The highest BCUT2D eigenvalue weighted by molar-refractivity contribution is 9.10. The molecule has 0 aliphatic rings. The number of nitrogens with one attached hydrogen (secondary N) is 1. The number of hydrogen-bond donors (Lipinski definition) is 2. The van der Waals surface area contributed by atoms with Crippen molar-refractivity contribution in [3.63, 3.8) is 0 Å². The van der Waals surface area contributed by atoms with Gasteiger partial charge in [-0.1, -0.05) is 46.3 Å². The second-order valence-electron chi connectivity index (χ2n) is 5.09. The molecular formula is C17H14BrN3O2. The van der Waals surface area contributed by atoms with E-state index in [4.69, 9.17) is 5.84 Å². The van der Waals surface area contributed by atoms with Crippen LogP contribution >= 0.6 is 15.9 Å². The lowest BCUT2D eigenvalue weighted by Crippen LogP contribution is -2.33. The highest BCUT2D eigenvalue weighted by Gasteiger charge is 2.12. The molecule has 3 N–H and O–H groups in total. The van der Waals surface area contributed by atoms with Crippen LogP contribution in [0, 0.1) is 0 Å². The zero-order valence-electron chi connectivity index (χ0n) is 12.1. The summed E-state index contributed by atoms with van der Waals surface area (Å²) in [6.07, 6.45) is 1.70. The van der Waals surface area contributed by atoms with Gasteiger partial charge in [-0.3, -0.25) is 15.0 Å². The lowest BCUT2D eigenvalue weighted by molar-refractivity contribution is -0.121. The van der Waals surface area contributed by atoms with Gasteiger partial charge >= 0.3 is 0 Å².